The van der Waals surface area contributed by atoms with Crippen LogP contribution in [0, 0.1) is 0 Å². The first kappa shape index (κ1) is 15.7. The van der Waals surface area contributed by atoms with E-state index in [1.54, 1.807) is 12.3 Å². The fourth-order valence-corrected chi connectivity index (χ4v) is 2.15. The molecule has 0 unspecified atom stereocenters. The lowest BCUT2D eigenvalue weighted by molar-refractivity contribution is -0.0504. The summed E-state index contributed by atoms with van der Waals surface area (Å²) in [4.78, 5) is 4.21. The molecule has 0 spiro atoms. The Kier molecular flexibility index (Phi) is 5.52. The van der Waals surface area contributed by atoms with Crippen LogP contribution in [0.3, 0.4) is 0 Å². The maximum atomic E-state index is 12.3. The molecule has 0 aliphatic rings. The SMILES string of the molecule is Cn1ccnc1CCNCc1cc(Cl)ccc1OC(F)F. The number of benzene rings is 1. The van der Waals surface area contributed by atoms with E-state index in [4.69, 9.17) is 11.6 Å². The van der Waals surface area contributed by atoms with E-state index in [2.05, 4.69) is 15.0 Å². The molecule has 0 aliphatic carbocycles. The van der Waals surface area contributed by atoms with Gasteiger partial charge in [0.1, 0.15) is 11.6 Å². The summed E-state index contributed by atoms with van der Waals surface area (Å²) < 4.78 is 31.1. The number of alkyl halides is 2. The van der Waals surface area contributed by atoms with Gasteiger partial charge in [0.25, 0.3) is 0 Å². The molecule has 2 aromatic rings. The average Bonchev–Trinajstić information content (AvgIpc) is 2.83. The predicted molar refractivity (Wildman–Crippen MR) is 76.7 cm³/mol. The number of halogens is 3. The summed E-state index contributed by atoms with van der Waals surface area (Å²) in [6.45, 7) is -1.78. The predicted octanol–water partition coefficient (Wildman–Crippen LogP) is 3.01. The molecule has 0 fully saturated rings. The standard InChI is InChI=1S/C14H16ClF2N3O/c1-20-7-6-19-13(20)4-5-18-9-10-8-11(15)2-3-12(10)21-14(16)17/h2-3,6-8,14,18H,4-5,9H2,1H3. The van der Waals surface area contributed by atoms with E-state index in [1.165, 1.54) is 12.1 Å². The van der Waals surface area contributed by atoms with Gasteiger partial charge in [0, 0.05) is 49.5 Å². The lowest BCUT2D eigenvalue weighted by atomic mass is 10.2. The van der Waals surface area contributed by atoms with Gasteiger partial charge in [-0.3, -0.25) is 0 Å². The van der Waals surface area contributed by atoms with Crippen molar-refractivity contribution in [3.05, 3.63) is 47.0 Å². The van der Waals surface area contributed by atoms with E-state index in [0.717, 1.165) is 12.2 Å². The normalized spacial score (nSPS) is 11.1. The number of hydrogen-bond acceptors (Lipinski definition) is 3. The molecule has 4 nitrogen and oxygen atoms in total. The number of aryl methyl sites for hydroxylation is 1. The minimum atomic E-state index is -2.85. The summed E-state index contributed by atoms with van der Waals surface area (Å²) in [7, 11) is 1.92. The highest BCUT2D eigenvalue weighted by atomic mass is 35.5. The fraction of sp³-hybridized carbons (Fsp3) is 0.357. The molecule has 0 saturated heterocycles. The van der Waals surface area contributed by atoms with Gasteiger partial charge in [-0.2, -0.15) is 8.78 Å². The topological polar surface area (TPSA) is 39.1 Å². The van der Waals surface area contributed by atoms with Crippen LogP contribution in [-0.4, -0.2) is 22.7 Å². The Morgan fingerprint density at radius 1 is 1.43 bits per heavy atom. The maximum absolute atomic E-state index is 12.3. The van der Waals surface area contributed by atoms with Crippen molar-refractivity contribution in [3.8, 4) is 5.75 Å². The lowest BCUT2D eigenvalue weighted by Gasteiger charge is -2.12. The van der Waals surface area contributed by atoms with E-state index < -0.39 is 6.61 Å². The lowest BCUT2D eigenvalue weighted by Crippen LogP contribution is -2.19. The van der Waals surface area contributed by atoms with Gasteiger partial charge in [-0.05, 0) is 18.2 Å². The Balaban J connectivity index is 1.90. The van der Waals surface area contributed by atoms with Crippen LogP contribution in [-0.2, 0) is 20.0 Å². The summed E-state index contributed by atoms with van der Waals surface area (Å²) in [6.07, 6.45) is 4.36. The number of hydrogen-bond donors (Lipinski definition) is 1. The van der Waals surface area contributed by atoms with Crippen molar-refractivity contribution in [2.45, 2.75) is 19.6 Å². The molecule has 1 aromatic carbocycles. The minimum absolute atomic E-state index is 0.138. The quantitative estimate of drug-likeness (QED) is 0.798. The summed E-state index contributed by atoms with van der Waals surface area (Å²) in [6, 6.07) is 4.59. The Morgan fingerprint density at radius 3 is 2.90 bits per heavy atom. The number of ether oxygens (including phenoxy) is 1. The van der Waals surface area contributed by atoms with Crippen molar-refractivity contribution in [1.82, 2.24) is 14.9 Å². The van der Waals surface area contributed by atoms with Gasteiger partial charge in [-0.25, -0.2) is 4.98 Å². The van der Waals surface area contributed by atoms with Crippen molar-refractivity contribution in [1.29, 1.82) is 0 Å². The van der Waals surface area contributed by atoms with Gasteiger partial charge in [0.05, 0.1) is 0 Å². The molecule has 0 bridgehead atoms. The first-order valence-electron chi connectivity index (χ1n) is 6.46. The van der Waals surface area contributed by atoms with Crippen molar-refractivity contribution >= 4 is 11.6 Å². The van der Waals surface area contributed by atoms with Crippen molar-refractivity contribution < 1.29 is 13.5 Å². The number of imidazole rings is 1. The third-order valence-corrected chi connectivity index (χ3v) is 3.24. The second-order valence-electron chi connectivity index (χ2n) is 4.51. The molecular weight excluding hydrogens is 300 g/mol. The molecule has 0 atom stereocenters. The second-order valence-corrected chi connectivity index (χ2v) is 4.95. The number of aromatic nitrogens is 2. The van der Waals surface area contributed by atoms with Gasteiger partial charge in [-0.1, -0.05) is 11.6 Å². The summed E-state index contributed by atoms with van der Waals surface area (Å²) in [5.74, 6) is 1.09. The Hall–Kier alpha value is -1.66. The largest absolute Gasteiger partial charge is 0.434 e. The molecule has 1 aromatic heterocycles. The highest BCUT2D eigenvalue weighted by molar-refractivity contribution is 6.30. The molecule has 1 heterocycles. The summed E-state index contributed by atoms with van der Waals surface area (Å²) in [5, 5.41) is 3.65. The Bertz CT molecular complexity index is 589. The molecule has 7 heteroatoms. The Labute approximate surface area is 126 Å². The van der Waals surface area contributed by atoms with E-state index in [1.807, 2.05) is 17.8 Å². The fourth-order valence-electron chi connectivity index (χ4n) is 1.96. The molecule has 114 valence electrons. The zero-order chi connectivity index (χ0) is 15.2. The second kappa shape index (κ2) is 7.38. The summed E-state index contributed by atoms with van der Waals surface area (Å²) in [5.41, 5.74) is 0.600. The van der Waals surface area contributed by atoms with Gasteiger partial charge in [0.15, 0.2) is 0 Å². The number of nitrogens with one attached hydrogen (secondary N) is 1. The third kappa shape index (κ3) is 4.68. The molecular formula is C14H16ClF2N3O. The van der Waals surface area contributed by atoms with E-state index in [-0.39, 0.29) is 5.75 Å². The molecule has 0 radical (unpaired) electrons. The zero-order valence-corrected chi connectivity index (χ0v) is 12.3. The minimum Gasteiger partial charge on any atom is -0.434 e. The number of rotatable bonds is 7. The van der Waals surface area contributed by atoms with Crippen LogP contribution in [0.15, 0.2) is 30.6 Å². The molecule has 1 N–H and O–H groups in total. The summed E-state index contributed by atoms with van der Waals surface area (Å²) >= 11 is 5.88. The van der Waals surface area contributed by atoms with Gasteiger partial charge >= 0.3 is 6.61 Å². The molecule has 21 heavy (non-hydrogen) atoms. The molecule has 0 amide bonds. The first-order valence-corrected chi connectivity index (χ1v) is 6.84. The highest BCUT2D eigenvalue weighted by Gasteiger charge is 2.10. The van der Waals surface area contributed by atoms with Gasteiger partial charge in [0.2, 0.25) is 0 Å². The molecule has 0 aliphatic heterocycles. The van der Waals surface area contributed by atoms with Crippen molar-refractivity contribution in [2.75, 3.05) is 6.54 Å². The van der Waals surface area contributed by atoms with Crippen LogP contribution in [0.1, 0.15) is 11.4 Å². The van der Waals surface area contributed by atoms with E-state index in [0.29, 0.717) is 23.7 Å². The van der Waals surface area contributed by atoms with Gasteiger partial charge < -0.3 is 14.6 Å². The molecule has 2 rings (SSSR count). The average molecular weight is 316 g/mol. The number of nitrogens with zero attached hydrogens (tertiary/aromatic N) is 2. The highest BCUT2D eigenvalue weighted by Crippen LogP contribution is 2.24. The van der Waals surface area contributed by atoms with E-state index in [9.17, 15) is 8.78 Å². The van der Waals surface area contributed by atoms with E-state index >= 15 is 0 Å². The van der Waals surface area contributed by atoms with Crippen LogP contribution in [0.5, 0.6) is 5.75 Å². The van der Waals surface area contributed by atoms with Crippen molar-refractivity contribution in [3.63, 3.8) is 0 Å². The monoisotopic (exact) mass is 315 g/mol. The van der Waals surface area contributed by atoms with Crippen LogP contribution in [0.2, 0.25) is 5.02 Å². The first-order chi connectivity index (χ1) is 10.1. The van der Waals surface area contributed by atoms with Crippen LogP contribution < -0.4 is 10.1 Å². The van der Waals surface area contributed by atoms with Crippen LogP contribution in [0.4, 0.5) is 8.78 Å². The van der Waals surface area contributed by atoms with Crippen LogP contribution >= 0.6 is 11.6 Å². The Morgan fingerprint density at radius 2 is 2.24 bits per heavy atom. The smallest absolute Gasteiger partial charge is 0.387 e. The van der Waals surface area contributed by atoms with Crippen molar-refractivity contribution in [2.24, 2.45) is 7.05 Å². The zero-order valence-electron chi connectivity index (χ0n) is 11.5. The molecule has 0 saturated carbocycles. The van der Waals surface area contributed by atoms with Crippen LogP contribution in [0.25, 0.3) is 0 Å². The third-order valence-electron chi connectivity index (χ3n) is 3.00. The maximum Gasteiger partial charge on any atom is 0.387 e. The van der Waals surface area contributed by atoms with Gasteiger partial charge in [-0.15, -0.1) is 0 Å².